The summed E-state index contributed by atoms with van der Waals surface area (Å²) in [7, 11) is 1.52. The molecule has 0 N–H and O–H groups in total. The molecule has 5 heteroatoms. The summed E-state index contributed by atoms with van der Waals surface area (Å²) in [4.78, 5) is 11.4. The van der Waals surface area contributed by atoms with Gasteiger partial charge in [-0.3, -0.25) is 4.79 Å². The molecule has 0 heterocycles. The van der Waals surface area contributed by atoms with Crippen molar-refractivity contribution >= 4 is 5.97 Å². The lowest BCUT2D eigenvalue weighted by molar-refractivity contribution is -0.214. The highest BCUT2D eigenvalue weighted by molar-refractivity contribution is 5.66. The Kier molecular flexibility index (Phi) is 8.12. The summed E-state index contributed by atoms with van der Waals surface area (Å²) < 4.78 is 22.1. The van der Waals surface area contributed by atoms with Crippen molar-refractivity contribution in [3.63, 3.8) is 0 Å². The van der Waals surface area contributed by atoms with E-state index in [2.05, 4.69) is 0 Å². The summed E-state index contributed by atoms with van der Waals surface area (Å²) in [6, 6.07) is 19.5. The van der Waals surface area contributed by atoms with Gasteiger partial charge in [0.2, 0.25) is 0 Å². The minimum Gasteiger partial charge on any atom is -0.455 e. The molecule has 2 atom stereocenters. The number of carbonyl (C=O) groups is 1. The molecule has 0 saturated carbocycles. The van der Waals surface area contributed by atoms with Gasteiger partial charge in [-0.25, -0.2) is 0 Å². The van der Waals surface area contributed by atoms with Gasteiger partial charge in [-0.05, 0) is 11.1 Å². The van der Waals surface area contributed by atoms with E-state index >= 15 is 0 Å². The van der Waals surface area contributed by atoms with Gasteiger partial charge in [0.05, 0.1) is 19.8 Å². The third kappa shape index (κ3) is 7.05. The van der Waals surface area contributed by atoms with E-state index in [9.17, 15) is 4.79 Å². The highest BCUT2D eigenvalue weighted by atomic mass is 16.7. The van der Waals surface area contributed by atoms with Crippen LogP contribution in [0.25, 0.3) is 0 Å². The number of rotatable bonds is 10. The smallest absolute Gasteiger partial charge is 0.303 e. The Morgan fingerprint density at radius 1 is 0.920 bits per heavy atom. The van der Waals surface area contributed by atoms with Gasteiger partial charge >= 0.3 is 5.97 Å². The zero-order valence-corrected chi connectivity index (χ0v) is 14.6. The second-order valence-corrected chi connectivity index (χ2v) is 5.55. The standard InChI is InChI=1S/C20H24O5/c1-16(21)25-19(15-23-13-17-9-5-3-6-10-17)20(22-2)24-14-18-11-7-4-8-12-18/h3-12,19-20H,13-15H2,1-2H3. The molecular formula is C20H24O5. The Balaban J connectivity index is 1.89. The van der Waals surface area contributed by atoms with Gasteiger partial charge in [-0.15, -0.1) is 0 Å². The maximum Gasteiger partial charge on any atom is 0.303 e. The highest BCUT2D eigenvalue weighted by Crippen LogP contribution is 2.12. The number of methoxy groups -OCH3 is 1. The van der Waals surface area contributed by atoms with Gasteiger partial charge in [0.25, 0.3) is 0 Å². The van der Waals surface area contributed by atoms with Crippen LogP contribution in [-0.4, -0.2) is 32.1 Å². The number of hydrogen-bond donors (Lipinski definition) is 0. The summed E-state index contributed by atoms with van der Waals surface area (Å²) in [6.07, 6.45) is -1.35. The van der Waals surface area contributed by atoms with Crippen LogP contribution in [0.2, 0.25) is 0 Å². The molecule has 2 aromatic rings. The molecule has 5 nitrogen and oxygen atoms in total. The fourth-order valence-corrected chi connectivity index (χ4v) is 2.33. The van der Waals surface area contributed by atoms with Crippen LogP contribution < -0.4 is 0 Å². The molecule has 134 valence electrons. The zero-order chi connectivity index (χ0) is 17.9. The second kappa shape index (κ2) is 10.6. The van der Waals surface area contributed by atoms with E-state index in [1.807, 2.05) is 60.7 Å². The predicted molar refractivity (Wildman–Crippen MR) is 93.7 cm³/mol. The summed E-state index contributed by atoms with van der Waals surface area (Å²) in [5.74, 6) is -0.404. The largest absolute Gasteiger partial charge is 0.455 e. The number of benzene rings is 2. The Morgan fingerprint density at radius 2 is 1.48 bits per heavy atom. The number of hydrogen-bond acceptors (Lipinski definition) is 5. The maximum absolute atomic E-state index is 11.4. The fraction of sp³-hybridized carbons (Fsp3) is 0.350. The molecule has 2 unspecified atom stereocenters. The quantitative estimate of drug-likeness (QED) is 0.489. The van der Waals surface area contributed by atoms with E-state index in [0.717, 1.165) is 11.1 Å². The SMILES string of the molecule is COC(OCc1ccccc1)C(COCc1ccccc1)OC(C)=O. The third-order valence-electron chi connectivity index (χ3n) is 3.50. The Morgan fingerprint density at radius 3 is 2.00 bits per heavy atom. The first-order valence-corrected chi connectivity index (χ1v) is 8.16. The summed E-state index contributed by atoms with van der Waals surface area (Å²) in [6.45, 7) is 2.32. The van der Waals surface area contributed by atoms with Crippen LogP contribution >= 0.6 is 0 Å². The molecule has 0 aliphatic carbocycles. The van der Waals surface area contributed by atoms with Crippen LogP contribution in [0.15, 0.2) is 60.7 Å². The van der Waals surface area contributed by atoms with Gasteiger partial charge < -0.3 is 18.9 Å². The van der Waals surface area contributed by atoms with Crippen LogP contribution in [0.1, 0.15) is 18.1 Å². The van der Waals surface area contributed by atoms with E-state index < -0.39 is 18.4 Å². The molecular weight excluding hydrogens is 320 g/mol. The van der Waals surface area contributed by atoms with E-state index in [4.69, 9.17) is 18.9 Å². The van der Waals surface area contributed by atoms with Gasteiger partial charge in [-0.2, -0.15) is 0 Å². The average molecular weight is 344 g/mol. The molecule has 2 rings (SSSR count). The summed E-state index contributed by atoms with van der Waals surface area (Å²) in [5, 5.41) is 0. The Bertz CT molecular complexity index is 614. The van der Waals surface area contributed by atoms with Gasteiger partial charge in [-0.1, -0.05) is 60.7 Å². The van der Waals surface area contributed by atoms with E-state index in [0.29, 0.717) is 13.2 Å². The minimum absolute atomic E-state index is 0.182. The molecule has 0 bridgehead atoms. The summed E-state index contributed by atoms with van der Waals surface area (Å²) in [5.41, 5.74) is 2.06. The van der Waals surface area contributed by atoms with Crippen LogP contribution in [0.3, 0.4) is 0 Å². The van der Waals surface area contributed by atoms with Crippen LogP contribution in [-0.2, 0) is 37.0 Å². The highest BCUT2D eigenvalue weighted by Gasteiger charge is 2.25. The lowest BCUT2D eigenvalue weighted by Gasteiger charge is -2.25. The van der Waals surface area contributed by atoms with Gasteiger partial charge in [0.15, 0.2) is 12.4 Å². The van der Waals surface area contributed by atoms with Crippen molar-refractivity contribution < 1.29 is 23.7 Å². The van der Waals surface area contributed by atoms with Crippen molar-refractivity contribution in [1.29, 1.82) is 0 Å². The van der Waals surface area contributed by atoms with E-state index in [-0.39, 0.29) is 6.61 Å². The van der Waals surface area contributed by atoms with E-state index in [1.54, 1.807) is 0 Å². The van der Waals surface area contributed by atoms with Crippen molar-refractivity contribution in [2.45, 2.75) is 32.5 Å². The lowest BCUT2D eigenvalue weighted by atomic mass is 10.2. The monoisotopic (exact) mass is 344 g/mol. The molecule has 0 saturated heterocycles. The first-order chi connectivity index (χ1) is 12.2. The molecule has 0 spiro atoms. The molecule has 0 fully saturated rings. The topological polar surface area (TPSA) is 54.0 Å². The van der Waals surface area contributed by atoms with Crippen LogP contribution in [0, 0.1) is 0 Å². The molecule has 0 radical (unpaired) electrons. The normalized spacial score (nSPS) is 13.2. The second-order valence-electron chi connectivity index (χ2n) is 5.55. The van der Waals surface area contributed by atoms with Crippen molar-refractivity contribution in [3.8, 4) is 0 Å². The van der Waals surface area contributed by atoms with Crippen LogP contribution in [0.5, 0.6) is 0 Å². The molecule has 0 aromatic heterocycles. The van der Waals surface area contributed by atoms with Crippen LogP contribution in [0.4, 0.5) is 0 Å². The van der Waals surface area contributed by atoms with Crippen molar-refractivity contribution in [2.24, 2.45) is 0 Å². The van der Waals surface area contributed by atoms with Gasteiger partial charge in [0, 0.05) is 14.0 Å². The van der Waals surface area contributed by atoms with Crippen molar-refractivity contribution in [1.82, 2.24) is 0 Å². The van der Waals surface area contributed by atoms with E-state index in [1.165, 1.54) is 14.0 Å². The third-order valence-corrected chi connectivity index (χ3v) is 3.50. The average Bonchev–Trinajstić information content (AvgIpc) is 2.63. The first-order valence-electron chi connectivity index (χ1n) is 8.16. The lowest BCUT2D eigenvalue weighted by Crippen LogP contribution is -2.38. The zero-order valence-electron chi connectivity index (χ0n) is 14.6. The predicted octanol–water partition coefficient (Wildman–Crippen LogP) is 3.32. The van der Waals surface area contributed by atoms with Crippen molar-refractivity contribution in [3.05, 3.63) is 71.8 Å². The number of ether oxygens (including phenoxy) is 4. The minimum atomic E-state index is -0.708. The first kappa shape index (κ1) is 19.1. The molecule has 0 aliphatic heterocycles. The summed E-state index contributed by atoms with van der Waals surface area (Å²) >= 11 is 0. The maximum atomic E-state index is 11.4. The number of carbonyl (C=O) groups excluding carboxylic acids is 1. The fourth-order valence-electron chi connectivity index (χ4n) is 2.33. The molecule has 25 heavy (non-hydrogen) atoms. The Hall–Kier alpha value is -2.21. The van der Waals surface area contributed by atoms with Crippen molar-refractivity contribution in [2.75, 3.05) is 13.7 Å². The Labute approximate surface area is 148 Å². The molecule has 0 amide bonds. The molecule has 2 aromatic carbocycles. The molecule has 0 aliphatic rings. The number of esters is 1. The van der Waals surface area contributed by atoms with Gasteiger partial charge in [0.1, 0.15) is 0 Å².